The second kappa shape index (κ2) is 8.31. The van der Waals surface area contributed by atoms with Crippen LogP contribution < -0.4 is 15.0 Å². The topological polar surface area (TPSA) is 51.0 Å². The molecule has 2 aromatic heterocycles. The van der Waals surface area contributed by atoms with E-state index in [0.29, 0.717) is 19.8 Å². The summed E-state index contributed by atoms with van der Waals surface area (Å²) in [5, 5.41) is 3.53. The molecule has 1 N–H and O–H groups in total. The number of thiazole rings is 1. The highest BCUT2D eigenvalue weighted by Crippen LogP contribution is 2.37. The summed E-state index contributed by atoms with van der Waals surface area (Å²) in [6, 6.07) is 14.7. The lowest BCUT2D eigenvalue weighted by atomic mass is 10.1. The van der Waals surface area contributed by atoms with Crippen molar-refractivity contribution in [3.05, 3.63) is 42.5 Å². The molecule has 0 saturated carbocycles. The summed E-state index contributed by atoms with van der Waals surface area (Å²) >= 11 is 1.67. The maximum absolute atomic E-state index is 5.66. The van der Waals surface area contributed by atoms with Crippen molar-refractivity contribution in [3.63, 3.8) is 0 Å². The molecule has 2 heterocycles. The molecule has 0 bridgehead atoms. The monoisotopic (exact) mass is 410 g/mol. The number of ether oxygens (including phenoxy) is 2. The Morgan fingerprint density at radius 1 is 1.14 bits per heavy atom. The van der Waals surface area contributed by atoms with E-state index in [2.05, 4.69) is 51.0 Å². The third-order valence-corrected chi connectivity index (χ3v) is 5.79. The van der Waals surface area contributed by atoms with Gasteiger partial charge in [0.25, 0.3) is 0 Å². The van der Waals surface area contributed by atoms with E-state index in [0.717, 1.165) is 43.7 Å². The third kappa shape index (κ3) is 3.75. The molecule has 29 heavy (non-hydrogen) atoms. The van der Waals surface area contributed by atoms with Gasteiger partial charge in [-0.25, -0.2) is 4.98 Å². The average molecular weight is 411 g/mol. The molecule has 0 atom stereocenters. The van der Waals surface area contributed by atoms with Crippen LogP contribution in [0, 0.1) is 0 Å². The molecular weight excluding hydrogens is 384 g/mol. The third-order valence-electron chi connectivity index (χ3n) is 4.79. The highest BCUT2D eigenvalue weighted by molar-refractivity contribution is 7.23. The number of hydrogen-bond acceptors (Lipinski definition) is 6. The largest absolute Gasteiger partial charge is 0.494 e. The van der Waals surface area contributed by atoms with Crippen LogP contribution in [0.25, 0.3) is 26.4 Å². The average Bonchev–Trinajstić information content (AvgIpc) is 3.24. The quantitative estimate of drug-likeness (QED) is 0.425. The van der Waals surface area contributed by atoms with E-state index in [-0.39, 0.29) is 0 Å². The molecule has 2 aromatic carbocycles. The van der Waals surface area contributed by atoms with Gasteiger partial charge in [0.15, 0.2) is 4.96 Å². The molecule has 0 radical (unpaired) electrons. The molecule has 4 aromatic rings. The Morgan fingerprint density at radius 2 is 1.93 bits per heavy atom. The number of fused-ring (bicyclic) bond motifs is 3. The number of anilines is 2. The zero-order chi connectivity index (χ0) is 20.4. The van der Waals surface area contributed by atoms with E-state index in [1.54, 1.807) is 18.4 Å². The lowest BCUT2D eigenvalue weighted by molar-refractivity contribution is 0.210. The van der Waals surface area contributed by atoms with Gasteiger partial charge in [-0.3, -0.25) is 4.40 Å². The molecule has 0 unspecified atom stereocenters. The predicted octanol–water partition coefficient (Wildman–Crippen LogP) is 4.74. The Morgan fingerprint density at radius 3 is 2.62 bits per heavy atom. The molecule has 7 heteroatoms. The minimum Gasteiger partial charge on any atom is -0.494 e. The van der Waals surface area contributed by atoms with Crippen molar-refractivity contribution in [2.24, 2.45) is 0 Å². The van der Waals surface area contributed by atoms with Gasteiger partial charge in [-0.05, 0) is 37.3 Å². The summed E-state index contributed by atoms with van der Waals surface area (Å²) in [6.07, 6.45) is 0. The Balaban J connectivity index is 1.83. The van der Waals surface area contributed by atoms with Gasteiger partial charge in [-0.2, -0.15) is 0 Å². The molecule has 0 saturated heterocycles. The summed E-state index contributed by atoms with van der Waals surface area (Å²) < 4.78 is 14.3. The standard InChI is InChI=1S/C22H26N4O2S/c1-5-28-17-10-11-18-19(14-17)29-22-24-20(21(26(18)22)23-12-13-27-4)15-6-8-16(9-7-15)25(2)3/h6-11,14,23H,5,12-13H2,1-4H3. The van der Waals surface area contributed by atoms with Gasteiger partial charge in [0.05, 0.1) is 23.4 Å². The number of imidazole rings is 1. The Kier molecular flexibility index (Phi) is 5.60. The number of methoxy groups -OCH3 is 1. The van der Waals surface area contributed by atoms with Crippen molar-refractivity contribution in [1.82, 2.24) is 9.38 Å². The molecular formula is C22H26N4O2S. The number of rotatable bonds is 8. The fourth-order valence-corrected chi connectivity index (χ4v) is 4.41. The Hall–Kier alpha value is -2.77. The van der Waals surface area contributed by atoms with E-state index in [1.807, 2.05) is 27.1 Å². The van der Waals surface area contributed by atoms with Crippen molar-refractivity contribution < 1.29 is 9.47 Å². The van der Waals surface area contributed by atoms with Crippen molar-refractivity contribution in [1.29, 1.82) is 0 Å². The fraction of sp³-hybridized carbons (Fsp3) is 0.318. The SMILES string of the molecule is CCOc1ccc2c(c1)sc1nc(-c3ccc(N(C)C)cc3)c(NCCOC)n12. The van der Waals surface area contributed by atoms with Gasteiger partial charge in [0.2, 0.25) is 0 Å². The first-order valence-corrected chi connectivity index (χ1v) is 10.5. The first-order chi connectivity index (χ1) is 14.1. The molecule has 0 aliphatic carbocycles. The Labute approximate surface area is 174 Å². The van der Waals surface area contributed by atoms with E-state index in [1.165, 1.54) is 0 Å². The van der Waals surface area contributed by atoms with Gasteiger partial charge in [0, 0.05) is 39.0 Å². The molecule has 0 aliphatic heterocycles. The van der Waals surface area contributed by atoms with Gasteiger partial charge < -0.3 is 19.7 Å². The van der Waals surface area contributed by atoms with Crippen LogP contribution in [0.4, 0.5) is 11.5 Å². The fourth-order valence-electron chi connectivity index (χ4n) is 3.36. The zero-order valence-electron chi connectivity index (χ0n) is 17.2. The number of nitrogens with one attached hydrogen (secondary N) is 1. The molecule has 0 amide bonds. The van der Waals surface area contributed by atoms with Crippen LogP contribution in [0.5, 0.6) is 5.75 Å². The summed E-state index contributed by atoms with van der Waals surface area (Å²) in [7, 11) is 5.80. The lowest BCUT2D eigenvalue weighted by Gasteiger charge is -2.13. The number of nitrogens with zero attached hydrogens (tertiary/aromatic N) is 3. The summed E-state index contributed by atoms with van der Waals surface area (Å²) in [4.78, 5) is 8.03. The van der Waals surface area contributed by atoms with Crippen LogP contribution in [0.1, 0.15) is 6.92 Å². The first kappa shape index (κ1) is 19.5. The summed E-state index contributed by atoms with van der Waals surface area (Å²) in [5.74, 6) is 1.88. The maximum atomic E-state index is 5.66. The van der Waals surface area contributed by atoms with E-state index in [4.69, 9.17) is 14.5 Å². The van der Waals surface area contributed by atoms with Crippen LogP contribution in [0.2, 0.25) is 0 Å². The second-order valence-electron chi connectivity index (χ2n) is 6.95. The van der Waals surface area contributed by atoms with Crippen molar-refractivity contribution in [2.45, 2.75) is 6.92 Å². The normalized spacial score (nSPS) is 11.3. The van der Waals surface area contributed by atoms with Gasteiger partial charge >= 0.3 is 0 Å². The smallest absolute Gasteiger partial charge is 0.197 e. The van der Waals surface area contributed by atoms with Gasteiger partial charge in [0.1, 0.15) is 17.3 Å². The summed E-state index contributed by atoms with van der Waals surface area (Å²) in [5.41, 5.74) is 4.33. The van der Waals surface area contributed by atoms with Gasteiger partial charge in [-0.1, -0.05) is 23.5 Å². The van der Waals surface area contributed by atoms with Crippen molar-refractivity contribution >= 4 is 38.0 Å². The predicted molar refractivity (Wildman–Crippen MR) is 122 cm³/mol. The Bertz CT molecular complexity index is 1120. The molecule has 4 rings (SSSR count). The molecule has 0 spiro atoms. The molecule has 152 valence electrons. The van der Waals surface area contributed by atoms with Crippen LogP contribution in [-0.2, 0) is 4.74 Å². The highest BCUT2D eigenvalue weighted by Gasteiger charge is 2.18. The maximum Gasteiger partial charge on any atom is 0.197 e. The molecule has 0 fully saturated rings. The first-order valence-electron chi connectivity index (χ1n) is 9.70. The lowest BCUT2D eigenvalue weighted by Crippen LogP contribution is -2.10. The van der Waals surface area contributed by atoms with Crippen LogP contribution in [0.3, 0.4) is 0 Å². The van der Waals surface area contributed by atoms with E-state index < -0.39 is 0 Å². The minimum absolute atomic E-state index is 0.628. The van der Waals surface area contributed by atoms with Crippen molar-refractivity contribution in [3.8, 4) is 17.0 Å². The molecule has 0 aliphatic rings. The zero-order valence-corrected chi connectivity index (χ0v) is 18.0. The second-order valence-corrected chi connectivity index (χ2v) is 7.96. The summed E-state index contributed by atoms with van der Waals surface area (Å²) in [6.45, 7) is 3.99. The van der Waals surface area contributed by atoms with E-state index >= 15 is 0 Å². The van der Waals surface area contributed by atoms with E-state index in [9.17, 15) is 0 Å². The van der Waals surface area contributed by atoms with Crippen molar-refractivity contribution in [2.75, 3.05) is 51.2 Å². The molecule has 6 nitrogen and oxygen atoms in total. The number of benzene rings is 2. The van der Waals surface area contributed by atoms with Crippen LogP contribution in [0.15, 0.2) is 42.5 Å². The van der Waals surface area contributed by atoms with Crippen LogP contribution in [-0.4, -0.2) is 50.3 Å². The number of aromatic nitrogens is 2. The minimum atomic E-state index is 0.628. The van der Waals surface area contributed by atoms with Crippen LogP contribution >= 0.6 is 11.3 Å². The highest BCUT2D eigenvalue weighted by atomic mass is 32.1. The number of hydrogen-bond donors (Lipinski definition) is 1. The van der Waals surface area contributed by atoms with Gasteiger partial charge in [-0.15, -0.1) is 0 Å².